The molecule has 0 spiro atoms. The van der Waals surface area contributed by atoms with Crippen molar-refractivity contribution in [2.45, 2.75) is 27.2 Å². The Morgan fingerprint density at radius 1 is 0.958 bits per heavy atom. The Labute approximate surface area is 142 Å². The first-order chi connectivity index (χ1) is 11.5. The molecule has 0 fully saturated rings. The second kappa shape index (κ2) is 6.83. The Balaban J connectivity index is 1.76. The van der Waals surface area contributed by atoms with Gasteiger partial charge in [-0.25, -0.2) is 0 Å². The van der Waals surface area contributed by atoms with Crippen LogP contribution in [0.1, 0.15) is 32.7 Å². The number of benzene rings is 2. The molecule has 0 saturated heterocycles. The molecule has 1 N–H and O–H groups in total. The third kappa shape index (κ3) is 3.62. The predicted molar refractivity (Wildman–Crippen MR) is 98.4 cm³/mol. The molecule has 0 aliphatic rings. The zero-order valence-corrected chi connectivity index (χ0v) is 14.4. The van der Waals surface area contributed by atoms with Gasteiger partial charge in [0.1, 0.15) is 0 Å². The highest BCUT2D eigenvalue weighted by Gasteiger charge is 2.12. The molecule has 0 atom stereocenters. The molecule has 3 aromatic rings. The Bertz CT molecular complexity index is 882. The van der Waals surface area contributed by atoms with Gasteiger partial charge in [0.05, 0.1) is 11.1 Å². The number of aryl methyl sites for hydroxylation is 3. The van der Waals surface area contributed by atoms with Gasteiger partial charge in [-0.05, 0) is 51.0 Å². The lowest BCUT2D eigenvalue weighted by molar-refractivity contribution is 0.0955. The van der Waals surface area contributed by atoms with E-state index in [0.717, 1.165) is 28.6 Å². The molecular formula is C21H22N2O. The van der Waals surface area contributed by atoms with Crippen LogP contribution in [0.5, 0.6) is 0 Å². The second-order valence-electron chi connectivity index (χ2n) is 6.32. The van der Waals surface area contributed by atoms with Crippen LogP contribution in [0.3, 0.4) is 0 Å². The van der Waals surface area contributed by atoms with Gasteiger partial charge < -0.3 is 5.32 Å². The molecule has 0 radical (unpaired) electrons. The van der Waals surface area contributed by atoms with Crippen molar-refractivity contribution in [2.24, 2.45) is 0 Å². The maximum absolute atomic E-state index is 12.6. The largest absolute Gasteiger partial charge is 0.352 e. The van der Waals surface area contributed by atoms with Crippen LogP contribution in [0.25, 0.3) is 10.9 Å². The highest BCUT2D eigenvalue weighted by molar-refractivity contribution is 6.06. The minimum Gasteiger partial charge on any atom is -0.352 e. The van der Waals surface area contributed by atoms with Gasteiger partial charge in [-0.3, -0.25) is 9.78 Å². The van der Waals surface area contributed by atoms with Gasteiger partial charge in [-0.2, -0.15) is 0 Å². The van der Waals surface area contributed by atoms with E-state index in [0.29, 0.717) is 12.1 Å². The summed E-state index contributed by atoms with van der Waals surface area (Å²) in [5.74, 6) is -0.0387. The third-order valence-electron chi connectivity index (χ3n) is 4.16. The van der Waals surface area contributed by atoms with Gasteiger partial charge in [0.15, 0.2) is 0 Å². The van der Waals surface area contributed by atoms with Crippen molar-refractivity contribution in [1.29, 1.82) is 0 Å². The first-order valence-electron chi connectivity index (χ1n) is 8.25. The molecular weight excluding hydrogens is 296 g/mol. The highest BCUT2D eigenvalue weighted by atomic mass is 16.1. The zero-order chi connectivity index (χ0) is 17.1. The summed E-state index contributed by atoms with van der Waals surface area (Å²) in [6.45, 7) is 6.64. The lowest BCUT2D eigenvalue weighted by atomic mass is 10.0. The lowest BCUT2D eigenvalue weighted by Crippen LogP contribution is -2.26. The SMILES string of the molecule is Cc1ccc(CCNC(=O)c2cc(C)nc3ccc(C)cc23)cc1. The fourth-order valence-corrected chi connectivity index (χ4v) is 2.83. The van der Waals surface area contributed by atoms with Crippen LogP contribution in [0.2, 0.25) is 0 Å². The van der Waals surface area contributed by atoms with Gasteiger partial charge in [0.2, 0.25) is 0 Å². The number of rotatable bonds is 4. The molecule has 1 heterocycles. The van der Waals surface area contributed by atoms with Crippen LogP contribution in [0.15, 0.2) is 48.5 Å². The number of aromatic nitrogens is 1. The molecule has 24 heavy (non-hydrogen) atoms. The predicted octanol–water partition coefficient (Wildman–Crippen LogP) is 4.13. The van der Waals surface area contributed by atoms with Gasteiger partial charge in [-0.1, -0.05) is 41.5 Å². The Morgan fingerprint density at radius 3 is 2.42 bits per heavy atom. The van der Waals surface area contributed by atoms with Crippen LogP contribution >= 0.6 is 0 Å². The van der Waals surface area contributed by atoms with Crippen LogP contribution in [-0.4, -0.2) is 17.4 Å². The number of amides is 1. The second-order valence-corrected chi connectivity index (χ2v) is 6.32. The van der Waals surface area contributed by atoms with E-state index in [4.69, 9.17) is 0 Å². The molecule has 3 heteroatoms. The Morgan fingerprint density at radius 2 is 1.67 bits per heavy atom. The molecule has 0 unspecified atom stereocenters. The van der Waals surface area contributed by atoms with Gasteiger partial charge >= 0.3 is 0 Å². The van der Waals surface area contributed by atoms with Gasteiger partial charge in [-0.15, -0.1) is 0 Å². The molecule has 0 aliphatic carbocycles. The smallest absolute Gasteiger partial charge is 0.252 e. The van der Waals surface area contributed by atoms with Crippen LogP contribution < -0.4 is 5.32 Å². The van der Waals surface area contributed by atoms with Crippen LogP contribution in [-0.2, 0) is 6.42 Å². The topological polar surface area (TPSA) is 42.0 Å². The summed E-state index contributed by atoms with van der Waals surface area (Å²) in [6, 6.07) is 16.3. The Kier molecular flexibility index (Phi) is 4.61. The van der Waals surface area contributed by atoms with E-state index in [2.05, 4.69) is 41.5 Å². The van der Waals surface area contributed by atoms with E-state index in [1.54, 1.807) is 0 Å². The molecule has 1 aromatic heterocycles. The number of nitrogens with one attached hydrogen (secondary N) is 1. The number of nitrogens with zero attached hydrogens (tertiary/aromatic N) is 1. The monoisotopic (exact) mass is 318 g/mol. The van der Waals surface area contributed by atoms with Crippen LogP contribution in [0, 0.1) is 20.8 Å². The van der Waals surface area contributed by atoms with Gasteiger partial charge in [0, 0.05) is 17.6 Å². The Hall–Kier alpha value is -2.68. The molecule has 3 nitrogen and oxygen atoms in total. The fraction of sp³-hybridized carbons (Fsp3) is 0.238. The number of carbonyl (C=O) groups is 1. The summed E-state index contributed by atoms with van der Waals surface area (Å²) in [4.78, 5) is 17.1. The average molecular weight is 318 g/mol. The van der Waals surface area contributed by atoms with Crippen molar-refractivity contribution < 1.29 is 4.79 Å². The fourth-order valence-electron chi connectivity index (χ4n) is 2.83. The van der Waals surface area contributed by atoms with E-state index in [9.17, 15) is 4.79 Å². The first-order valence-corrected chi connectivity index (χ1v) is 8.25. The summed E-state index contributed by atoms with van der Waals surface area (Å²) < 4.78 is 0. The van der Waals surface area contributed by atoms with E-state index in [1.807, 2.05) is 38.1 Å². The molecule has 1 amide bonds. The minimum absolute atomic E-state index is 0.0387. The third-order valence-corrected chi connectivity index (χ3v) is 4.16. The van der Waals surface area contributed by atoms with E-state index in [1.165, 1.54) is 11.1 Å². The van der Waals surface area contributed by atoms with E-state index in [-0.39, 0.29) is 5.91 Å². The van der Waals surface area contributed by atoms with Crippen molar-refractivity contribution in [3.8, 4) is 0 Å². The summed E-state index contributed by atoms with van der Waals surface area (Å²) in [5, 5.41) is 3.94. The average Bonchev–Trinajstić information content (AvgIpc) is 2.56. The quantitative estimate of drug-likeness (QED) is 0.786. The van der Waals surface area contributed by atoms with Crippen molar-refractivity contribution in [1.82, 2.24) is 10.3 Å². The maximum Gasteiger partial charge on any atom is 0.252 e. The van der Waals surface area contributed by atoms with Crippen molar-refractivity contribution >= 4 is 16.8 Å². The van der Waals surface area contributed by atoms with Crippen molar-refractivity contribution in [3.05, 3.63) is 76.5 Å². The lowest BCUT2D eigenvalue weighted by Gasteiger charge is -2.10. The van der Waals surface area contributed by atoms with Crippen LogP contribution in [0.4, 0.5) is 0 Å². The normalized spacial score (nSPS) is 10.8. The van der Waals surface area contributed by atoms with Crippen molar-refractivity contribution in [3.63, 3.8) is 0 Å². The molecule has 3 rings (SSSR count). The maximum atomic E-state index is 12.6. The molecule has 0 aliphatic heterocycles. The molecule has 2 aromatic carbocycles. The summed E-state index contributed by atoms with van der Waals surface area (Å²) >= 11 is 0. The minimum atomic E-state index is -0.0387. The molecule has 122 valence electrons. The summed E-state index contributed by atoms with van der Waals surface area (Å²) in [7, 11) is 0. The highest BCUT2D eigenvalue weighted by Crippen LogP contribution is 2.20. The van der Waals surface area contributed by atoms with Crippen molar-refractivity contribution in [2.75, 3.05) is 6.54 Å². The number of fused-ring (bicyclic) bond motifs is 1. The standard InChI is InChI=1S/C21H22N2O/c1-14-4-7-17(8-5-14)10-11-22-21(24)19-13-16(3)23-20-9-6-15(2)12-18(19)20/h4-9,12-13H,10-11H2,1-3H3,(H,22,24). The summed E-state index contributed by atoms with van der Waals surface area (Å²) in [6.07, 6.45) is 0.826. The number of carbonyl (C=O) groups excluding carboxylic acids is 1. The zero-order valence-electron chi connectivity index (χ0n) is 14.4. The van der Waals surface area contributed by atoms with E-state index < -0.39 is 0 Å². The molecule has 0 saturated carbocycles. The van der Waals surface area contributed by atoms with Gasteiger partial charge in [0.25, 0.3) is 5.91 Å². The molecule has 0 bridgehead atoms. The number of pyridine rings is 1. The van der Waals surface area contributed by atoms with E-state index >= 15 is 0 Å². The number of hydrogen-bond donors (Lipinski definition) is 1. The number of hydrogen-bond acceptors (Lipinski definition) is 2. The first kappa shape index (κ1) is 16.2. The summed E-state index contributed by atoms with van der Waals surface area (Å²) in [5.41, 5.74) is 6.02.